The van der Waals surface area contributed by atoms with Crippen molar-refractivity contribution in [3.63, 3.8) is 0 Å². The third-order valence-electron chi connectivity index (χ3n) is 6.41. The first-order valence-electron chi connectivity index (χ1n) is 14.6. The number of unbranched alkanes of at least 4 members (excludes halogenated alkanes) is 8. The average molecular weight is 534 g/mol. The first-order valence-corrected chi connectivity index (χ1v) is 14.6. The van der Waals surface area contributed by atoms with E-state index < -0.39 is 5.97 Å². The van der Waals surface area contributed by atoms with Crippen molar-refractivity contribution in [2.45, 2.75) is 105 Å². The lowest BCUT2D eigenvalue weighted by molar-refractivity contribution is -0.137. The van der Waals surface area contributed by atoms with E-state index >= 15 is 0 Å². The molecule has 0 saturated heterocycles. The summed E-state index contributed by atoms with van der Waals surface area (Å²) in [6.45, 7) is 9.05. The van der Waals surface area contributed by atoms with Gasteiger partial charge in [-0.25, -0.2) is 9.59 Å². The molecule has 0 saturated carbocycles. The Morgan fingerprint density at radius 2 is 1.42 bits per heavy atom. The SMILES string of the molecule is CCCCCCCCC(CCCCCC)COC(=O)c1ccc(OC)c(N/C(=C/C(=O)OCC)OCC)c1. The molecular weight excluding hydrogens is 482 g/mol. The molecule has 0 amide bonds. The summed E-state index contributed by atoms with van der Waals surface area (Å²) in [4.78, 5) is 24.9. The molecule has 1 atom stereocenters. The Morgan fingerprint density at radius 1 is 0.816 bits per heavy atom. The van der Waals surface area contributed by atoms with Gasteiger partial charge in [-0.2, -0.15) is 0 Å². The number of esters is 2. The van der Waals surface area contributed by atoms with E-state index in [1.807, 2.05) is 6.92 Å². The van der Waals surface area contributed by atoms with E-state index in [9.17, 15) is 9.59 Å². The van der Waals surface area contributed by atoms with Gasteiger partial charge in [0.05, 0.1) is 44.3 Å². The number of hydrogen-bond acceptors (Lipinski definition) is 7. The summed E-state index contributed by atoms with van der Waals surface area (Å²) in [5, 5.41) is 3.04. The van der Waals surface area contributed by atoms with E-state index in [0.717, 1.165) is 12.8 Å². The Balaban J connectivity index is 2.84. The van der Waals surface area contributed by atoms with Crippen LogP contribution in [-0.4, -0.2) is 38.9 Å². The smallest absolute Gasteiger partial charge is 0.338 e. The number of ether oxygens (including phenoxy) is 4. The zero-order chi connectivity index (χ0) is 28.0. The predicted molar refractivity (Wildman–Crippen MR) is 153 cm³/mol. The molecule has 0 aliphatic carbocycles. The van der Waals surface area contributed by atoms with Crippen LogP contribution in [0.3, 0.4) is 0 Å². The van der Waals surface area contributed by atoms with Crippen LogP contribution in [-0.2, 0) is 19.0 Å². The van der Waals surface area contributed by atoms with E-state index in [1.54, 1.807) is 32.2 Å². The first kappa shape index (κ1) is 33.3. The summed E-state index contributed by atoms with van der Waals surface area (Å²) in [7, 11) is 1.54. The summed E-state index contributed by atoms with van der Waals surface area (Å²) < 4.78 is 21.8. The van der Waals surface area contributed by atoms with Crippen LogP contribution in [0.15, 0.2) is 30.2 Å². The fourth-order valence-electron chi connectivity index (χ4n) is 4.29. The molecular formula is C31H51NO6. The Kier molecular flexibility index (Phi) is 18.6. The van der Waals surface area contributed by atoms with Crippen LogP contribution in [0.5, 0.6) is 5.75 Å². The fourth-order valence-corrected chi connectivity index (χ4v) is 4.29. The normalized spacial score (nSPS) is 12.1. The highest BCUT2D eigenvalue weighted by molar-refractivity contribution is 5.91. The van der Waals surface area contributed by atoms with Gasteiger partial charge in [0.1, 0.15) is 5.75 Å². The zero-order valence-corrected chi connectivity index (χ0v) is 24.4. The van der Waals surface area contributed by atoms with Crippen LogP contribution in [0.4, 0.5) is 5.69 Å². The van der Waals surface area contributed by atoms with Gasteiger partial charge in [0, 0.05) is 0 Å². The van der Waals surface area contributed by atoms with E-state index in [0.29, 0.717) is 36.1 Å². The number of benzene rings is 1. The van der Waals surface area contributed by atoms with E-state index in [-0.39, 0.29) is 18.5 Å². The number of rotatable bonds is 22. The first-order chi connectivity index (χ1) is 18.5. The van der Waals surface area contributed by atoms with Crippen molar-refractivity contribution in [1.29, 1.82) is 0 Å². The van der Waals surface area contributed by atoms with Gasteiger partial charge in [0.25, 0.3) is 0 Å². The topological polar surface area (TPSA) is 83.1 Å². The Bertz CT molecular complexity index is 823. The predicted octanol–water partition coefficient (Wildman–Crippen LogP) is 8.04. The summed E-state index contributed by atoms with van der Waals surface area (Å²) in [5.74, 6) is 0.210. The average Bonchev–Trinajstić information content (AvgIpc) is 2.91. The lowest BCUT2D eigenvalue weighted by atomic mass is 9.95. The molecule has 38 heavy (non-hydrogen) atoms. The molecule has 0 heterocycles. The van der Waals surface area contributed by atoms with Gasteiger partial charge >= 0.3 is 11.9 Å². The third-order valence-corrected chi connectivity index (χ3v) is 6.41. The van der Waals surface area contributed by atoms with E-state index in [1.165, 1.54) is 70.3 Å². The maximum atomic E-state index is 13.0. The van der Waals surface area contributed by atoms with Gasteiger partial charge in [-0.3, -0.25) is 0 Å². The number of carbonyl (C=O) groups excluding carboxylic acids is 2. The van der Waals surface area contributed by atoms with Crippen molar-refractivity contribution in [2.24, 2.45) is 5.92 Å². The number of carbonyl (C=O) groups is 2. The fraction of sp³-hybridized carbons (Fsp3) is 0.677. The second kappa shape index (κ2) is 21.3. The third kappa shape index (κ3) is 14.3. The lowest BCUT2D eigenvalue weighted by Crippen LogP contribution is -2.15. The molecule has 0 aliphatic rings. The van der Waals surface area contributed by atoms with Crippen LogP contribution < -0.4 is 10.1 Å². The molecule has 0 aromatic heterocycles. The Morgan fingerprint density at radius 3 is 2.03 bits per heavy atom. The van der Waals surface area contributed by atoms with Gasteiger partial charge in [-0.15, -0.1) is 0 Å². The number of methoxy groups -OCH3 is 1. The molecule has 1 unspecified atom stereocenters. The molecule has 0 bridgehead atoms. The van der Waals surface area contributed by atoms with Crippen LogP contribution in [0.2, 0.25) is 0 Å². The molecule has 1 rings (SSSR count). The van der Waals surface area contributed by atoms with Gasteiger partial charge in [0.15, 0.2) is 5.88 Å². The van der Waals surface area contributed by atoms with Crippen molar-refractivity contribution >= 4 is 17.6 Å². The molecule has 216 valence electrons. The van der Waals surface area contributed by atoms with Crippen LogP contribution >= 0.6 is 0 Å². The lowest BCUT2D eigenvalue weighted by Gasteiger charge is -2.18. The second-order valence-electron chi connectivity index (χ2n) is 9.60. The highest BCUT2D eigenvalue weighted by atomic mass is 16.5. The molecule has 0 fully saturated rings. The van der Waals surface area contributed by atoms with Crippen molar-refractivity contribution in [3.8, 4) is 5.75 Å². The van der Waals surface area contributed by atoms with Crippen LogP contribution in [0.1, 0.15) is 115 Å². The summed E-state index contributed by atoms with van der Waals surface area (Å²) in [6, 6.07) is 5.04. The molecule has 1 aromatic carbocycles. The Labute approximate surface area is 230 Å². The van der Waals surface area contributed by atoms with Crippen molar-refractivity contribution < 1.29 is 28.5 Å². The summed E-state index contributed by atoms with van der Waals surface area (Å²) in [6.07, 6.45) is 15.9. The maximum absolute atomic E-state index is 13.0. The van der Waals surface area contributed by atoms with Crippen molar-refractivity contribution in [2.75, 3.05) is 32.2 Å². The largest absolute Gasteiger partial charge is 0.495 e. The van der Waals surface area contributed by atoms with Crippen molar-refractivity contribution in [3.05, 3.63) is 35.7 Å². The molecule has 0 radical (unpaired) electrons. The minimum Gasteiger partial charge on any atom is -0.495 e. The number of hydrogen-bond donors (Lipinski definition) is 1. The van der Waals surface area contributed by atoms with E-state index in [2.05, 4.69) is 19.2 Å². The minimum absolute atomic E-state index is 0.209. The van der Waals surface area contributed by atoms with Gasteiger partial charge in [0.2, 0.25) is 0 Å². The monoisotopic (exact) mass is 533 g/mol. The Hall–Kier alpha value is -2.70. The minimum atomic E-state index is -0.520. The quantitative estimate of drug-likeness (QED) is 0.0699. The van der Waals surface area contributed by atoms with Gasteiger partial charge < -0.3 is 24.3 Å². The highest BCUT2D eigenvalue weighted by Crippen LogP contribution is 2.28. The van der Waals surface area contributed by atoms with E-state index in [4.69, 9.17) is 18.9 Å². The second-order valence-corrected chi connectivity index (χ2v) is 9.60. The molecule has 7 nitrogen and oxygen atoms in total. The van der Waals surface area contributed by atoms with Crippen molar-refractivity contribution in [1.82, 2.24) is 0 Å². The zero-order valence-electron chi connectivity index (χ0n) is 24.4. The standard InChI is InChI=1S/C31H51NO6/c1-6-10-12-14-15-17-19-25(18-16-13-11-7-2)24-38-31(34)26-20-21-28(35-5)27(22-26)32-29(36-8-3)23-30(33)37-9-4/h20-23,25,32H,6-19,24H2,1-5H3/b29-23-. The molecule has 1 aromatic rings. The number of anilines is 1. The van der Waals surface area contributed by atoms with Gasteiger partial charge in [-0.1, -0.05) is 78.1 Å². The highest BCUT2D eigenvalue weighted by Gasteiger charge is 2.16. The molecule has 1 N–H and O–H groups in total. The molecule has 0 spiro atoms. The number of nitrogens with one attached hydrogen (secondary N) is 1. The molecule has 7 heteroatoms. The van der Waals surface area contributed by atoms with Crippen LogP contribution in [0, 0.1) is 5.92 Å². The van der Waals surface area contributed by atoms with Crippen LogP contribution in [0.25, 0.3) is 0 Å². The molecule has 0 aliphatic heterocycles. The summed E-state index contributed by atoms with van der Waals surface area (Å²) in [5.41, 5.74) is 0.902. The maximum Gasteiger partial charge on any atom is 0.338 e. The summed E-state index contributed by atoms with van der Waals surface area (Å²) >= 11 is 0. The van der Waals surface area contributed by atoms with Gasteiger partial charge in [-0.05, 0) is 50.8 Å².